The zero-order chi connectivity index (χ0) is 21.4. The van der Waals surface area contributed by atoms with Crippen LogP contribution in [0.2, 0.25) is 0 Å². The Balaban J connectivity index is 1.67. The second-order valence-electron chi connectivity index (χ2n) is 8.49. The van der Waals surface area contributed by atoms with Crippen molar-refractivity contribution in [1.82, 2.24) is 4.57 Å². The molecule has 0 unspecified atom stereocenters. The zero-order valence-corrected chi connectivity index (χ0v) is 18.8. The van der Waals surface area contributed by atoms with Crippen LogP contribution in [-0.4, -0.2) is 15.4 Å². The van der Waals surface area contributed by atoms with Crippen molar-refractivity contribution in [1.29, 1.82) is 0 Å². The third-order valence-corrected chi connectivity index (χ3v) is 7.37. The summed E-state index contributed by atoms with van der Waals surface area (Å²) in [5, 5.41) is 11.4. The first kappa shape index (κ1) is 20.0. The number of benzene rings is 2. The summed E-state index contributed by atoms with van der Waals surface area (Å²) < 4.78 is 2.08. The van der Waals surface area contributed by atoms with Gasteiger partial charge in [-0.3, -0.25) is 9.56 Å². The van der Waals surface area contributed by atoms with Crippen LogP contribution in [0.5, 0.6) is 5.88 Å². The minimum absolute atomic E-state index is 0.269. The molecule has 5 heteroatoms. The molecular weight excluding hydrogens is 402 g/mol. The lowest BCUT2D eigenvalue weighted by Crippen LogP contribution is -2.27. The molecule has 2 aliphatic rings. The summed E-state index contributed by atoms with van der Waals surface area (Å²) >= 11 is 1.56. The van der Waals surface area contributed by atoms with Gasteiger partial charge in [0.25, 0.3) is 0 Å². The maximum absolute atomic E-state index is 11.4. The molecule has 31 heavy (non-hydrogen) atoms. The van der Waals surface area contributed by atoms with Crippen molar-refractivity contribution in [3.8, 4) is 5.88 Å². The molecule has 158 valence electrons. The molecule has 1 saturated carbocycles. The van der Waals surface area contributed by atoms with Crippen molar-refractivity contribution in [2.75, 3.05) is 0 Å². The Kier molecular flexibility index (Phi) is 5.36. The highest BCUT2D eigenvalue weighted by Crippen LogP contribution is 2.40. The van der Waals surface area contributed by atoms with Crippen LogP contribution in [0.4, 0.5) is 11.4 Å². The van der Waals surface area contributed by atoms with Gasteiger partial charge in [-0.1, -0.05) is 67.5 Å². The topological polar surface area (TPSA) is 49.9 Å². The minimum Gasteiger partial charge on any atom is -0.493 e. The highest BCUT2D eigenvalue weighted by Gasteiger charge is 2.28. The number of para-hydroxylation sites is 2. The standard InChI is InChI=1S/C26H27N3OS/c1-17-10-6-9-15-23(17)29-25(30)24(31-26(29)28-19-11-4-3-5-12-19)16-21-18(2)27-22-14-8-7-13-20(21)22/h3-5,7-8,11-14,16-17,23,30H,6,9-10,15H2,1-2H3/t17-,23+/m1/s1. The normalized spacial score (nSPS) is 22.6. The second kappa shape index (κ2) is 8.31. The first-order chi connectivity index (χ1) is 15.1. The summed E-state index contributed by atoms with van der Waals surface area (Å²) in [6.07, 6.45) is 6.80. The Hall–Kier alpha value is -2.92. The molecule has 0 spiro atoms. The average Bonchev–Trinajstić information content (AvgIpc) is 3.26. The molecule has 1 aliphatic carbocycles. The smallest absolute Gasteiger partial charge is 0.211 e. The van der Waals surface area contributed by atoms with E-state index in [-0.39, 0.29) is 6.04 Å². The van der Waals surface area contributed by atoms with E-state index in [9.17, 15) is 5.11 Å². The fourth-order valence-electron chi connectivity index (χ4n) is 4.71. The van der Waals surface area contributed by atoms with E-state index in [2.05, 4.69) is 23.6 Å². The van der Waals surface area contributed by atoms with E-state index in [4.69, 9.17) is 9.98 Å². The van der Waals surface area contributed by atoms with Gasteiger partial charge < -0.3 is 5.11 Å². The summed E-state index contributed by atoms with van der Waals surface area (Å²) in [5.74, 6) is 0.836. The molecule has 0 amide bonds. The molecule has 1 N–H and O–H groups in total. The molecule has 1 aliphatic heterocycles. The van der Waals surface area contributed by atoms with Crippen LogP contribution in [-0.2, 0) is 0 Å². The monoisotopic (exact) mass is 429 g/mol. The Morgan fingerprint density at radius 1 is 1.06 bits per heavy atom. The number of fused-ring (bicyclic) bond motifs is 1. The van der Waals surface area contributed by atoms with Crippen molar-refractivity contribution in [3.05, 3.63) is 69.8 Å². The number of hydrogen-bond donors (Lipinski definition) is 1. The van der Waals surface area contributed by atoms with Gasteiger partial charge in [0.2, 0.25) is 5.88 Å². The SMILES string of the molecule is CC1=Nc2ccccc2C1=Cc1sc(=Nc2ccccc2)n([C@H]2CCCC[C@H]2C)c1O. The van der Waals surface area contributed by atoms with E-state index in [1.54, 1.807) is 11.3 Å². The van der Waals surface area contributed by atoms with Gasteiger partial charge in [0.05, 0.1) is 16.3 Å². The van der Waals surface area contributed by atoms with Crippen molar-refractivity contribution in [2.45, 2.75) is 45.6 Å². The van der Waals surface area contributed by atoms with E-state index in [1.807, 2.05) is 55.5 Å². The van der Waals surface area contributed by atoms with Gasteiger partial charge >= 0.3 is 0 Å². The lowest BCUT2D eigenvalue weighted by molar-refractivity contribution is 0.234. The van der Waals surface area contributed by atoms with Crippen LogP contribution in [0, 0.1) is 5.92 Å². The van der Waals surface area contributed by atoms with E-state index in [0.29, 0.717) is 11.8 Å². The van der Waals surface area contributed by atoms with Gasteiger partial charge in [-0.2, -0.15) is 0 Å². The summed E-state index contributed by atoms with van der Waals surface area (Å²) in [6.45, 7) is 4.32. The highest BCUT2D eigenvalue weighted by molar-refractivity contribution is 7.10. The highest BCUT2D eigenvalue weighted by atomic mass is 32.1. The maximum atomic E-state index is 11.4. The fourth-order valence-corrected chi connectivity index (χ4v) is 5.75. The molecule has 2 aromatic carbocycles. The Morgan fingerprint density at radius 3 is 2.61 bits per heavy atom. The third kappa shape index (κ3) is 3.79. The number of aromatic hydroxyl groups is 1. The molecule has 0 saturated heterocycles. The van der Waals surface area contributed by atoms with Gasteiger partial charge in [-0.15, -0.1) is 0 Å². The van der Waals surface area contributed by atoms with Gasteiger partial charge in [-0.25, -0.2) is 4.99 Å². The van der Waals surface area contributed by atoms with Crippen LogP contribution in [0.15, 0.2) is 64.6 Å². The lowest BCUT2D eigenvalue weighted by atomic mass is 9.86. The molecule has 4 nitrogen and oxygen atoms in total. The molecule has 5 rings (SSSR count). The third-order valence-electron chi connectivity index (χ3n) is 6.38. The zero-order valence-electron chi connectivity index (χ0n) is 18.0. The predicted octanol–water partition coefficient (Wildman–Crippen LogP) is 6.89. The van der Waals surface area contributed by atoms with Crippen LogP contribution in [0.1, 0.15) is 56.0 Å². The van der Waals surface area contributed by atoms with Crippen molar-refractivity contribution >= 4 is 40.1 Å². The molecule has 2 heterocycles. The largest absolute Gasteiger partial charge is 0.493 e. The summed E-state index contributed by atoms with van der Waals surface area (Å²) in [7, 11) is 0. The fraction of sp³-hybridized carbons (Fsp3) is 0.308. The predicted molar refractivity (Wildman–Crippen MR) is 129 cm³/mol. The number of aliphatic imine (C=N–C) groups is 1. The lowest BCUT2D eigenvalue weighted by Gasteiger charge is -2.30. The van der Waals surface area contributed by atoms with Gasteiger partial charge in [0, 0.05) is 22.9 Å². The van der Waals surface area contributed by atoms with Crippen molar-refractivity contribution in [2.24, 2.45) is 15.9 Å². The maximum Gasteiger partial charge on any atom is 0.211 e. The quantitative estimate of drug-likeness (QED) is 0.484. The number of aromatic nitrogens is 1. The summed E-state index contributed by atoms with van der Waals surface area (Å²) in [5.41, 5.74) is 5.07. The van der Waals surface area contributed by atoms with Crippen LogP contribution >= 0.6 is 11.3 Å². The summed E-state index contributed by atoms with van der Waals surface area (Å²) in [6, 6.07) is 18.5. The summed E-state index contributed by atoms with van der Waals surface area (Å²) in [4.78, 5) is 11.3. The average molecular weight is 430 g/mol. The van der Waals surface area contributed by atoms with Crippen LogP contribution < -0.4 is 4.80 Å². The molecule has 0 bridgehead atoms. The molecule has 3 aromatic rings. The van der Waals surface area contributed by atoms with Crippen LogP contribution in [0.3, 0.4) is 0 Å². The Bertz CT molecular complexity index is 1230. The molecule has 1 fully saturated rings. The Morgan fingerprint density at radius 2 is 1.81 bits per heavy atom. The van der Waals surface area contributed by atoms with Crippen molar-refractivity contribution < 1.29 is 5.11 Å². The van der Waals surface area contributed by atoms with Gasteiger partial charge in [-0.05, 0) is 50.0 Å². The Labute approximate surface area is 187 Å². The second-order valence-corrected chi connectivity index (χ2v) is 9.50. The number of rotatable bonds is 3. The van der Waals surface area contributed by atoms with E-state index in [0.717, 1.165) is 44.3 Å². The van der Waals surface area contributed by atoms with E-state index >= 15 is 0 Å². The van der Waals surface area contributed by atoms with Gasteiger partial charge in [0.1, 0.15) is 0 Å². The number of nitrogens with zero attached hydrogens (tertiary/aromatic N) is 3. The first-order valence-electron chi connectivity index (χ1n) is 11.0. The molecule has 0 radical (unpaired) electrons. The van der Waals surface area contributed by atoms with Crippen LogP contribution in [0.25, 0.3) is 11.6 Å². The first-order valence-corrected chi connectivity index (χ1v) is 11.8. The van der Waals surface area contributed by atoms with Crippen molar-refractivity contribution in [3.63, 3.8) is 0 Å². The van der Waals surface area contributed by atoms with E-state index < -0.39 is 0 Å². The van der Waals surface area contributed by atoms with E-state index in [1.165, 1.54) is 19.3 Å². The molecule has 2 atom stereocenters. The molecule has 1 aromatic heterocycles. The number of allylic oxidation sites excluding steroid dienone is 1. The molecular formula is C26H27N3OS. The van der Waals surface area contributed by atoms with Gasteiger partial charge in [0.15, 0.2) is 4.80 Å². The minimum atomic E-state index is 0.269. The number of hydrogen-bond acceptors (Lipinski definition) is 4. The number of thiazole rings is 1.